The van der Waals surface area contributed by atoms with Gasteiger partial charge >= 0.3 is 5.97 Å². The fourth-order valence-electron chi connectivity index (χ4n) is 5.59. The summed E-state index contributed by atoms with van der Waals surface area (Å²) in [5.41, 5.74) is 6.76. The van der Waals surface area contributed by atoms with Crippen molar-refractivity contribution in [2.24, 2.45) is 11.1 Å². The van der Waals surface area contributed by atoms with E-state index in [2.05, 4.69) is 15.2 Å². The minimum atomic E-state index is -1.37. The SMILES string of the molecule is COc1ccc2ncc(CN)c([C@@H](F)CCC3(CC(=O)O)CCN(CCNc4cc(F)cc(F)c4F)CC3)c2c1. The first-order valence-corrected chi connectivity index (χ1v) is 13.3. The molecule has 0 radical (unpaired) electrons. The number of halogens is 4. The number of carboxylic acid groups (broad SMARTS) is 1. The summed E-state index contributed by atoms with van der Waals surface area (Å²) in [5, 5.41) is 13.0. The number of alkyl halides is 1. The van der Waals surface area contributed by atoms with Crippen LogP contribution in [0.3, 0.4) is 0 Å². The largest absolute Gasteiger partial charge is 0.497 e. The number of likely N-dealkylation sites (tertiary alicyclic amines) is 1. The van der Waals surface area contributed by atoms with Crippen molar-refractivity contribution in [1.82, 2.24) is 9.88 Å². The van der Waals surface area contributed by atoms with Crippen molar-refractivity contribution in [2.75, 3.05) is 38.6 Å². The van der Waals surface area contributed by atoms with Gasteiger partial charge in [0.2, 0.25) is 0 Å². The van der Waals surface area contributed by atoms with Crippen molar-refractivity contribution >= 4 is 22.6 Å². The molecule has 11 heteroatoms. The van der Waals surface area contributed by atoms with Crippen LogP contribution in [0.4, 0.5) is 23.2 Å². The van der Waals surface area contributed by atoms with E-state index < -0.39 is 35.0 Å². The minimum absolute atomic E-state index is 0.0751. The molecule has 40 heavy (non-hydrogen) atoms. The molecule has 2 aromatic carbocycles. The maximum atomic E-state index is 15.9. The predicted octanol–water partition coefficient (Wildman–Crippen LogP) is 5.58. The molecule has 216 valence electrons. The van der Waals surface area contributed by atoms with Crippen LogP contribution in [0.15, 0.2) is 36.5 Å². The molecule has 3 aromatic rings. The van der Waals surface area contributed by atoms with Gasteiger partial charge in [-0.2, -0.15) is 0 Å². The van der Waals surface area contributed by atoms with Gasteiger partial charge in [0.15, 0.2) is 11.6 Å². The second-order valence-corrected chi connectivity index (χ2v) is 10.4. The molecule has 4 N–H and O–H groups in total. The zero-order chi connectivity index (χ0) is 28.9. The normalized spacial score (nSPS) is 16.1. The third-order valence-corrected chi connectivity index (χ3v) is 7.84. The Morgan fingerprint density at radius 3 is 2.65 bits per heavy atom. The van der Waals surface area contributed by atoms with Crippen molar-refractivity contribution < 1.29 is 32.2 Å². The molecule has 0 saturated carbocycles. The minimum Gasteiger partial charge on any atom is -0.497 e. The van der Waals surface area contributed by atoms with E-state index in [1.54, 1.807) is 24.4 Å². The zero-order valence-electron chi connectivity index (χ0n) is 22.4. The summed E-state index contributed by atoms with van der Waals surface area (Å²) in [5.74, 6) is -3.63. The molecular formula is C29H34F4N4O3. The summed E-state index contributed by atoms with van der Waals surface area (Å²) in [6, 6.07) is 6.65. The Hall–Kier alpha value is -3.44. The number of carbonyl (C=O) groups is 1. The lowest BCUT2D eigenvalue weighted by Crippen LogP contribution is -2.43. The molecule has 1 aromatic heterocycles. The fraction of sp³-hybridized carbons (Fsp3) is 0.448. The predicted molar refractivity (Wildman–Crippen MR) is 144 cm³/mol. The maximum absolute atomic E-state index is 15.9. The first kappa shape index (κ1) is 29.5. The Labute approximate surface area is 230 Å². The quantitative estimate of drug-likeness (QED) is 0.196. The van der Waals surface area contributed by atoms with Gasteiger partial charge in [-0.05, 0) is 68.0 Å². The number of benzene rings is 2. The first-order chi connectivity index (χ1) is 19.1. The maximum Gasteiger partial charge on any atom is 0.303 e. The second kappa shape index (κ2) is 12.8. The number of nitrogens with one attached hydrogen (secondary N) is 1. The number of hydrogen-bond donors (Lipinski definition) is 3. The molecule has 2 heterocycles. The number of rotatable bonds is 12. The number of anilines is 1. The van der Waals surface area contributed by atoms with Crippen LogP contribution in [0.2, 0.25) is 0 Å². The topological polar surface area (TPSA) is 101 Å². The van der Waals surface area contributed by atoms with Crippen molar-refractivity contribution in [1.29, 1.82) is 0 Å². The molecule has 0 aliphatic carbocycles. The van der Waals surface area contributed by atoms with Crippen molar-refractivity contribution in [3.8, 4) is 5.75 Å². The Balaban J connectivity index is 1.41. The third-order valence-electron chi connectivity index (χ3n) is 7.84. The number of nitrogens with two attached hydrogens (primary N) is 1. The lowest BCUT2D eigenvalue weighted by Gasteiger charge is -2.41. The van der Waals surface area contributed by atoms with Crippen molar-refractivity contribution in [3.63, 3.8) is 0 Å². The van der Waals surface area contributed by atoms with E-state index in [0.29, 0.717) is 72.7 Å². The third kappa shape index (κ3) is 6.82. The van der Waals surface area contributed by atoms with Gasteiger partial charge in [-0.15, -0.1) is 0 Å². The Kier molecular flexibility index (Phi) is 9.47. The van der Waals surface area contributed by atoms with E-state index in [0.717, 1.165) is 6.07 Å². The Morgan fingerprint density at radius 1 is 1.23 bits per heavy atom. The lowest BCUT2D eigenvalue weighted by atomic mass is 9.71. The Bertz CT molecular complexity index is 1340. The molecular weight excluding hydrogens is 528 g/mol. The Morgan fingerprint density at radius 2 is 1.98 bits per heavy atom. The summed E-state index contributed by atoms with van der Waals surface area (Å²) >= 11 is 0. The molecule has 7 nitrogen and oxygen atoms in total. The number of carboxylic acids is 1. The van der Waals surface area contributed by atoms with Crippen LogP contribution >= 0.6 is 0 Å². The fourth-order valence-corrected chi connectivity index (χ4v) is 5.59. The van der Waals surface area contributed by atoms with Crippen LogP contribution < -0.4 is 15.8 Å². The van der Waals surface area contributed by atoms with Crippen LogP contribution in [-0.2, 0) is 11.3 Å². The second-order valence-electron chi connectivity index (χ2n) is 10.4. The number of hydrogen-bond acceptors (Lipinski definition) is 6. The van der Waals surface area contributed by atoms with Crippen LogP contribution in [-0.4, -0.2) is 54.2 Å². The average molecular weight is 563 g/mol. The van der Waals surface area contributed by atoms with E-state index in [9.17, 15) is 23.1 Å². The number of fused-ring (bicyclic) bond motifs is 1. The number of pyridine rings is 1. The highest BCUT2D eigenvalue weighted by molar-refractivity contribution is 5.85. The number of nitrogens with zero attached hydrogens (tertiary/aromatic N) is 2. The highest BCUT2D eigenvalue weighted by atomic mass is 19.2. The van der Waals surface area contributed by atoms with Gasteiger partial charge in [-0.3, -0.25) is 9.78 Å². The highest BCUT2D eigenvalue weighted by Crippen LogP contribution is 2.43. The van der Waals surface area contributed by atoms with E-state index in [1.165, 1.54) is 7.11 Å². The first-order valence-electron chi connectivity index (χ1n) is 13.3. The summed E-state index contributed by atoms with van der Waals surface area (Å²) in [7, 11) is 1.53. The summed E-state index contributed by atoms with van der Waals surface area (Å²) < 4.78 is 62.0. The summed E-state index contributed by atoms with van der Waals surface area (Å²) in [4.78, 5) is 18.2. The molecule has 1 fully saturated rings. The van der Waals surface area contributed by atoms with Gasteiger partial charge in [0, 0.05) is 48.9 Å². The monoisotopic (exact) mass is 562 g/mol. The smallest absolute Gasteiger partial charge is 0.303 e. The number of aliphatic carboxylic acids is 1. The van der Waals surface area contributed by atoms with Crippen LogP contribution in [0, 0.1) is 22.9 Å². The molecule has 4 rings (SSSR count). The van der Waals surface area contributed by atoms with E-state index in [-0.39, 0.29) is 31.6 Å². The average Bonchev–Trinajstić information content (AvgIpc) is 2.94. The summed E-state index contributed by atoms with van der Waals surface area (Å²) in [6.07, 6.45) is 1.73. The zero-order valence-corrected chi connectivity index (χ0v) is 22.4. The van der Waals surface area contributed by atoms with Gasteiger partial charge in [-0.1, -0.05) is 0 Å². The van der Waals surface area contributed by atoms with Gasteiger partial charge in [0.05, 0.1) is 24.7 Å². The lowest BCUT2D eigenvalue weighted by molar-refractivity contribution is -0.141. The van der Waals surface area contributed by atoms with E-state index in [4.69, 9.17) is 10.5 Å². The number of piperidine rings is 1. The van der Waals surface area contributed by atoms with Gasteiger partial charge in [-0.25, -0.2) is 17.6 Å². The van der Waals surface area contributed by atoms with Gasteiger partial charge in [0.25, 0.3) is 0 Å². The van der Waals surface area contributed by atoms with Gasteiger partial charge in [0.1, 0.15) is 17.7 Å². The number of ether oxygens (including phenoxy) is 1. The van der Waals surface area contributed by atoms with Gasteiger partial charge < -0.3 is 25.8 Å². The molecule has 0 amide bonds. The molecule has 0 bridgehead atoms. The van der Waals surface area contributed by atoms with E-state index in [1.807, 2.05) is 0 Å². The van der Waals surface area contributed by atoms with Crippen LogP contribution in [0.5, 0.6) is 5.75 Å². The van der Waals surface area contributed by atoms with Crippen LogP contribution in [0.1, 0.15) is 49.4 Å². The molecule has 1 saturated heterocycles. The molecule has 1 aliphatic rings. The standard InChI is InChI=1S/C29H34F4N4O3/c1-40-20-2-3-24-21(14-20)27(18(16-34)17-36-24)22(31)4-5-29(15-26(38)39)6-9-37(10-7-29)11-8-35-25-13-19(30)12-23(32)28(25)33/h2-3,12-14,17,22,35H,4-11,15-16,34H2,1H3,(H,38,39)/t22-/m0/s1. The van der Waals surface area contributed by atoms with Crippen molar-refractivity contribution in [3.05, 3.63) is 65.1 Å². The molecule has 1 aliphatic heterocycles. The molecule has 0 spiro atoms. The van der Waals surface area contributed by atoms with E-state index >= 15 is 4.39 Å². The summed E-state index contributed by atoms with van der Waals surface area (Å²) in [6.45, 7) is 1.96. The van der Waals surface area contributed by atoms with Crippen molar-refractivity contribution in [2.45, 2.75) is 44.8 Å². The highest BCUT2D eigenvalue weighted by Gasteiger charge is 2.37. The number of aromatic nitrogens is 1. The molecule has 1 atom stereocenters. The van der Waals surface area contributed by atoms with Crippen LogP contribution in [0.25, 0.3) is 10.9 Å². The molecule has 0 unspecified atom stereocenters. The number of methoxy groups -OCH3 is 1.